The summed E-state index contributed by atoms with van der Waals surface area (Å²) in [6.07, 6.45) is 1.75. The van der Waals surface area contributed by atoms with Crippen molar-refractivity contribution >= 4 is 17.4 Å². The summed E-state index contributed by atoms with van der Waals surface area (Å²) in [6.45, 7) is 5.25. The van der Waals surface area contributed by atoms with Crippen LogP contribution in [0.2, 0.25) is 0 Å². The molecule has 0 atom stereocenters. The van der Waals surface area contributed by atoms with Crippen LogP contribution >= 0.6 is 0 Å². The first-order chi connectivity index (χ1) is 1.41. The van der Waals surface area contributed by atoms with E-state index in [2.05, 4.69) is 6.58 Å². The Bertz CT molecular complexity index is 17.7. The molecule has 0 amide bonds. The normalized spacial score (nSPS) is 1.86. The summed E-state index contributed by atoms with van der Waals surface area (Å²) in [5, 5.41) is 0. The van der Waals surface area contributed by atoms with Crippen molar-refractivity contribution in [2.75, 3.05) is 0 Å². The minimum absolute atomic E-state index is 0. The molecule has 0 aliphatic carbocycles. The number of hydrogen-bond donors (Lipinski definition) is 0. The molecule has 0 rings (SSSR count). The Balaban J connectivity index is -0.00000000333. The third kappa shape index (κ3) is 145. The minimum atomic E-state index is 0. The standard InChI is InChI=1S/C3H6.Al.3ClH/c1-3-2;;;;/h3H,1H2,2H3;;3*1H/q;+3;;;/p-3. The molecule has 0 saturated carbocycles. The molecule has 4 heteroatoms. The number of halogens is 3. The summed E-state index contributed by atoms with van der Waals surface area (Å²) < 4.78 is 0. The zero-order valence-electron chi connectivity index (χ0n) is 4.00. The van der Waals surface area contributed by atoms with Gasteiger partial charge in [-0.15, -0.1) is 6.58 Å². The number of allylic oxidation sites excluding steroid dienone is 1. The van der Waals surface area contributed by atoms with Crippen molar-refractivity contribution in [3.63, 3.8) is 0 Å². The smallest absolute Gasteiger partial charge is 1.00 e. The van der Waals surface area contributed by atoms with Gasteiger partial charge in [0, 0.05) is 0 Å². The third-order valence-electron chi connectivity index (χ3n) is 0. The van der Waals surface area contributed by atoms with E-state index in [1.807, 2.05) is 6.92 Å². The van der Waals surface area contributed by atoms with Crippen LogP contribution in [-0.4, -0.2) is 17.4 Å². The molecule has 0 N–H and O–H groups in total. The Kier molecular flexibility index (Phi) is 353. The zero-order valence-corrected chi connectivity index (χ0v) is 7.42. The topological polar surface area (TPSA) is 0 Å². The van der Waals surface area contributed by atoms with E-state index in [1.54, 1.807) is 6.08 Å². The van der Waals surface area contributed by atoms with Gasteiger partial charge in [-0.25, -0.2) is 0 Å². The van der Waals surface area contributed by atoms with Crippen LogP contribution in [0.3, 0.4) is 0 Å². The molecule has 0 aliphatic heterocycles. The van der Waals surface area contributed by atoms with Gasteiger partial charge in [-0.3, -0.25) is 0 Å². The average Bonchev–Trinajstić information content (AvgIpc) is 0.918. The van der Waals surface area contributed by atoms with Gasteiger partial charge in [0.1, 0.15) is 0 Å². The summed E-state index contributed by atoms with van der Waals surface area (Å²) in [5.41, 5.74) is 0. The third-order valence-corrected chi connectivity index (χ3v) is 0. The molecule has 7 heavy (non-hydrogen) atoms. The van der Waals surface area contributed by atoms with E-state index >= 15 is 0 Å². The van der Waals surface area contributed by atoms with Gasteiger partial charge in [0.2, 0.25) is 0 Å². The first kappa shape index (κ1) is 42.1. The van der Waals surface area contributed by atoms with Crippen LogP contribution in [0, 0.1) is 0 Å². The summed E-state index contributed by atoms with van der Waals surface area (Å²) in [7, 11) is 0. The fourth-order valence-electron chi connectivity index (χ4n) is 0. The predicted molar refractivity (Wildman–Crippen MR) is 21.6 cm³/mol. The van der Waals surface area contributed by atoms with Crippen molar-refractivity contribution in [1.29, 1.82) is 0 Å². The quantitative estimate of drug-likeness (QED) is 0.253. The average molecular weight is 175 g/mol. The zero-order chi connectivity index (χ0) is 2.71. The second-order valence-electron chi connectivity index (χ2n) is 0.408. The summed E-state index contributed by atoms with van der Waals surface area (Å²) in [6, 6.07) is 0. The molecule has 0 nitrogen and oxygen atoms in total. The minimum Gasteiger partial charge on any atom is -1.00 e. The summed E-state index contributed by atoms with van der Waals surface area (Å²) in [5.74, 6) is 0. The molecule has 42 valence electrons. The fourth-order valence-corrected chi connectivity index (χ4v) is 0. The summed E-state index contributed by atoms with van der Waals surface area (Å²) >= 11 is 0. The van der Waals surface area contributed by atoms with E-state index in [0.29, 0.717) is 0 Å². The molecule has 0 bridgehead atoms. The van der Waals surface area contributed by atoms with Crippen LogP contribution in [0.5, 0.6) is 0 Å². The molecule has 0 aromatic heterocycles. The molecule has 0 saturated heterocycles. The van der Waals surface area contributed by atoms with Crippen molar-refractivity contribution in [3.05, 3.63) is 12.7 Å². The Morgan fingerprint density at radius 3 is 1.14 bits per heavy atom. The molecular weight excluding hydrogens is 169 g/mol. The Morgan fingerprint density at radius 1 is 1.14 bits per heavy atom. The van der Waals surface area contributed by atoms with E-state index in [4.69, 9.17) is 0 Å². The molecule has 0 heterocycles. The van der Waals surface area contributed by atoms with Crippen molar-refractivity contribution < 1.29 is 37.2 Å². The molecule has 0 aromatic rings. The SMILES string of the molecule is C=CC.[Al+3].[Cl-].[Cl-].[Cl-]. The first-order valence-electron chi connectivity index (χ1n) is 0.986. The molecular formula is C3H6AlCl3. The van der Waals surface area contributed by atoms with Gasteiger partial charge in [0.05, 0.1) is 0 Å². The molecule has 0 fully saturated rings. The van der Waals surface area contributed by atoms with E-state index in [9.17, 15) is 0 Å². The molecule has 0 unspecified atom stereocenters. The van der Waals surface area contributed by atoms with Crippen molar-refractivity contribution in [3.8, 4) is 0 Å². The van der Waals surface area contributed by atoms with Crippen LogP contribution in [0.25, 0.3) is 0 Å². The van der Waals surface area contributed by atoms with Gasteiger partial charge in [-0.05, 0) is 6.92 Å². The number of hydrogen-bond acceptors (Lipinski definition) is 0. The Labute approximate surface area is 74.1 Å². The molecule has 0 spiro atoms. The second kappa shape index (κ2) is 58.7. The van der Waals surface area contributed by atoms with Gasteiger partial charge in [0.25, 0.3) is 0 Å². The van der Waals surface area contributed by atoms with Crippen molar-refractivity contribution in [1.82, 2.24) is 0 Å². The van der Waals surface area contributed by atoms with Crippen LogP contribution in [0.1, 0.15) is 6.92 Å². The van der Waals surface area contributed by atoms with E-state index in [1.165, 1.54) is 0 Å². The first-order valence-corrected chi connectivity index (χ1v) is 0.986. The molecule has 0 aliphatic rings. The molecule has 0 aromatic carbocycles. The molecule has 0 radical (unpaired) electrons. The maximum absolute atomic E-state index is 3.36. The van der Waals surface area contributed by atoms with E-state index < -0.39 is 0 Å². The van der Waals surface area contributed by atoms with Crippen LogP contribution in [0.15, 0.2) is 12.7 Å². The Hall–Kier alpha value is 1.14. The second-order valence-corrected chi connectivity index (χ2v) is 0.408. The van der Waals surface area contributed by atoms with E-state index in [-0.39, 0.29) is 54.6 Å². The van der Waals surface area contributed by atoms with Gasteiger partial charge in [-0.1, -0.05) is 6.08 Å². The predicted octanol–water partition coefficient (Wildman–Crippen LogP) is -8.18. The van der Waals surface area contributed by atoms with Crippen LogP contribution < -0.4 is 37.2 Å². The maximum Gasteiger partial charge on any atom is 3.00 e. The van der Waals surface area contributed by atoms with Crippen LogP contribution in [0.4, 0.5) is 0 Å². The maximum atomic E-state index is 3.36. The van der Waals surface area contributed by atoms with E-state index in [0.717, 1.165) is 0 Å². The van der Waals surface area contributed by atoms with Gasteiger partial charge in [-0.2, -0.15) is 0 Å². The fraction of sp³-hybridized carbons (Fsp3) is 0.333. The Morgan fingerprint density at radius 2 is 1.14 bits per heavy atom. The van der Waals surface area contributed by atoms with Crippen LogP contribution in [-0.2, 0) is 0 Å². The van der Waals surface area contributed by atoms with Crippen molar-refractivity contribution in [2.45, 2.75) is 6.92 Å². The van der Waals surface area contributed by atoms with Gasteiger partial charge < -0.3 is 37.2 Å². The number of rotatable bonds is 0. The largest absolute Gasteiger partial charge is 3.00 e. The van der Waals surface area contributed by atoms with Crippen molar-refractivity contribution in [2.24, 2.45) is 0 Å². The van der Waals surface area contributed by atoms with Gasteiger partial charge in [0.15, 0.2) is 0 Å². The van der Waals surface area contributed by atoms with Gasteiger partial charge >= 0.3 is 17.4 Å². The summed E-state index contributed by atoms with van der Waals surface area (Å²) in [4.78, 5) is 0. The monoisotopic (exact) mass is 174 g/mol.